The molecule has 146 valence electrons. The third-order valence-corrected chi connectivity index (χ3v) is 5.65. The summed E-state index contributed by atoms with van der Waals surface area (Å²) in [6, 6.07) is 23.7. The molecule has 5 rings (SSSR count). The zero-order chi connectivity index (χ0) is 20.8. The van der Waals surface area contributed by atoms with E-state index in [1.165, 1.54) is 4.68 Å². The third kappa shape index (κ3) is 2.80. The summed E-state index contributed by atoms with van der Waals surface area (Å²) in [6.07, 6.45) is 0. The van der Waals surface area contributed by atoms with Crippen LogP contribution in [-0.2, 0) is 0 Å². The lowest BCUT2D eigenvalue weighted by molar-refractivity contribution is 0.0946. The number of aryl methyl sites for hydroxylation is 1. The van der Waals surface area contributed by atoms with Crippen LogP contribution >= 0.6 is 15.9 Å². The Morgan fingerprint density at radius 1 is 0.833 bits per heavy atom. The van der Waals surface area contributed by atoms with Gasteiger partial charge in [-0.15, -0.1) is 0 Å². The Balaban J connectivity index is 1.87. The Morgan fingerprint density at radius 2 is 1.43 bits per heavy atom. The first-order valence-corrected chi connectivity index (χ1v) is 10.2. The Labute approximate surface area is 180 Å². The molecule has 0 saturated carbocycles. The van der Waals surface area contributed by atoms with E-state index in [1.807, 2.05) is 61.5 Å². The van der Waals surface area contributed by atoms with E-state index in [4.69, 9.17) is 0 Å². The first-order valence-electron chi connectivity index (χ1n) is 9.45. The van der Waals surface area contributed by atoms with Gasteiger partial charge < -0.3 is 0 Å². The van der Waals surface area contributed by atoms with Crippen LogP contribution in [-0.4, -0.2) is 26.2 Å². The van der Waals surface area contributed by atoms with Crippen molar-refractivity contribution < 1.29 is 9.59 Å². The molecule has 0 N–H and O–H groups in total. The first-order chi connectivity index (χ1) is 14.6. The molecule has 3 aromatic carbocycles. The normalized spacial score (nSPS) is 11.3. The number of fused-ring (bicyclic) bond motifs is 3. The van der Waals surface area contributed by atoms with Crippen molar-refractivity contribution in [1.29, 1.82) is 0 Å². The molecule has 2 heterocycles. The summed E-state index contributed by atoms with van der Waals surface area (Å²) in [7, 11) is 0. The highest BCUT2D eigenvalue weighted by Gasteiger charge is 2.26. The van der Waals surface area contributed by atoms with Gasteiger partial charge in [0.1, 0.15) is 0 Å². The summed E-state index contributed by atoms with van der Waals surface area (Å²) in [5, 5.41) is 6.18. The molecule has 5 aromatic rings. The van der Waals surface area contributed by atoms with Crippen LogP contribution in [0.4, 0.5) is 0 Å². The number of nitrogens with zero attached hydrogens (tertiary/aromatic N) is 3. The molecule has 0 unspecified atom stereocenters. The summed E-state index contributed by atoms with van der Waals surface area (Å²) in [4.78, 5) is 26.8. The van der Waals surface area contributed by atoms with E-state index in [2.05, 4.69) is 21.0 Å². The van der Waals surface area contributed by atoms with Crippen LogP contribution in [0.2, 0.25) is 0 Å². The molecular formula is C24H16BrN3O2. The van der Waals surface area contributed by atoms with Gasteiger partial charge in [-0.1, -0.05) is 52.3 Å². The minimum Gasteiger partial charge on any atom is -0.268 e. The Bertz CT molecular complexity index is 1430. The number of aromatic nitrogens is 3. The molecule has 0 aliphatic heterocycles. The van der Waals surface area contributed by atoms with Gasteiger partial charge in [0.25, 0.3) is 11.8 Å². The molecule has 2 aromatic heterocycles. The molecule has 0 saturated heterocycles. The second-order valence-corrected chi connectivity index (χ2v) is 7.95. The van der Waals surface area contributed by atoms with Crippen LogP contribution in [0.15, 0.2) is 83.3 Å². The van der Waals surface area contributed by atoms with E-state index in [9.17, 15) is 9.59 Å². The molecule has 0 aliphatic carbocycles. The highest BCUT2D eigenvalue weighted by Crippen LogP contribution is 2.34. The average molecular weight is 458 g/mol. The second-order valence-electron chi connectivity index (χ2n) is 7.04. The van der Waals surface area contributed by atoms with Crippen LogP contribution in [0.25, 0.3) is 21.9 Å². The molecule has 0 fully saturated rings. The van der Waals surface area contributed by atoms with Crippen molar-refractivity contribution in [1.82, 2.24) is 14.3 Å². The Morgan fingerprint density at radius 3 is 2.07 bits per heavy atom. The number of hydrogen-bond acceptors (Lipinski definition) is 3. The van der Waals surface area contributed by atoms with Gasteiger partial charge in [0.05, 0.1) is 16.6 Å². The highest BCUT2D eigenvalue weighted by atomic mass is 79.9. The maximum absolute atomic E-state index is 13.5. The summed E-state index contributed by atoms with van der Waals surface area (Å²) in [5.74, 6) is -0.488. The molecule has 0 atom stereocenters. The van der Waals surface area contributed by atoms with Crippen molar-refractivity contribution in [2.45, 2.75) is 6.92 Å². The third-order valence-electron chi connectivity index (χ3n) is 5.15. The zero-order valence-electron chi connectivity index (χ0n) is 16.0. The lowest BCUT2D eigenvalue weighted by Crippen LogP contribution is -2.19. The van der Waals surface area contributed by atoms with Gasteiger partial charge in [0, 0.05) is 21.0 Å². The van der Waals surface area contributed by atoms with Gasteiger partial charge in [-0.3, -0.25) is 14.2 Å². The predicted octanol–water partition coefficient (Wildman–Crippen LogP) is 5.44. The predicted molar refractivity (Wildman–Crippen MR) is 120 cm³/mol. The van der Waals surface area contributed by atoms with Crippen molar-refractivity contribution >= 4 is 49.7 Å². The van der Waals surface area contributed by atoms with Crippen LogP contribution in [0.1, 0.15) is 26.4 Å². The SMILES string of the molecule is Cc1nn(C(=O)c2ccccc2)c2c1c1cc(Br)ccc1n2C(=O)c1ccccc1. The lowest BCUT2D eigenvalue weighted by Gasteiger charge is -2.09. The summed E-state index contributed by atoms with van der Waals surface area (Å²) in [6.45, 7) is 1.86. The average Bonchev–Trinajstić information content (AvgIpc) is 3.29. The summed E-state index contributed by atoms with van der Waals surface area (Å²) < 4.78 is 3.82. The molecule has 30 heavy (non-hydrogen) atoms. The van der Waals surface area contributed by atoms with Crippen molar-refractivity contribution in [2.75, 3.05) is 0 Å². The van der Waals surface area contributed by atoms with Gasteiger partial charge in [-0.05, 0) is 49.4 Å². The van der Waals surface area contributed by atoms with E-state index >= 15 is 0 Å². The summed E-state index contributed by atoms with van der Waals surface area (Å²) >= 11 is 3.52. The monoisotopic (exact) mass is 457 g/mol. The molecule has 0 amide bonds. The fourth-order valence-corrected chi connectivity index (χ4v) is 4.18. The number of carbonyl (C=O) groups is 2. The molecule has 0 bridgehead atoms. The van der Waals surface area contributed by atoms with Crippen LogP contribution in [0, 0.1) is 6.92 Å². The van der Waals surface area contributed by atoms with Gasteiger partial charge >= 0.3 is 0 Å². The number of benzene rings is 3. The quantitative estimate of drug-likeness (QED) is 0.354. The number of hydrogen-bond donors (Lipinski definition) is 0. The first kappa shape index (κ1) is 18.5. The van der Waals surface area contributed by atoms with Crippen molar-refractivity contribution in [3.8, 4) is 0 Å². The highest BCUT2D eigenvalue weighted by molar-refractivity contribution is 9.10. The maximum atomic E-state index is 13.5. The topological polar surface area (TPSA) is 56.9 Å². The minimum absolute atomic E-state index is 0.208. The molecular weight excluding hydrogens is 442 g/mol. The zero-order valence-corrected chi connectivity index (χ0v) is 17.6. The van der Waals surface area contributed by atoms with Crippen molar-refractivity contribution in [3.63, 3.8) is 0 Å². The number of halogens is 1. The Kier molecular flexibility index (Phi) is 4.37. The van der Waals surface area contributed by atoms with Crippen molar-refractivity contribution in [3.05, 3.63) is 100 Å². The van der Waals surface area contributed by atoms with Gasteiger partial charge in [0.15, 0.2) is 5.65 Å². The largest absolute Gasteiger partial charge is 0.280 e. The van der Waals surface area contributed by atoms with Crippen LogP contribution in [0.5, 0.6) is 0 Å². The van der Waals surface area contributed by atoms with Gasteiger partial charge in [0.2, 0.25) is 0 Å². The maximum Gasteiger partial charge on any atom is 0.280 e. The molecule has 6 heteroatoms. The van der Waals surface area contributed by atoms with Gasteiger partial charge in [-0.25, -0.2) is 0 Å². The van der Waals surface area contributed by atoms with E-state index in [0.717, 1.165) is 20.8 Å². The second kappa shape index (κ2) is 7.07. The smallest absolute Gasteiger partial charge is 0.268 e. The fraction of sp³-hybridized carbons (Fsp3) is 0.0417. The van der Waals surface area contributed by atoms with E-state index in [0.29, 0.717) is 22.5 Å². The lowest BCUT2D eigenvalue weighted by atomic mass is 10.2. The molecule has 0 spiro atoms. The van der Waals surface area contributed by atoms with E-state index in [-0.39, 0.29) is 11.8 Å². The minimum atomic E-state index is -0.280. The number of carbonyl (C=O) groups excluding carboxylic acids is 2. The molecule has 0 aliphatic rings. The molecule has 5 nitrogen and oxygen atoms in total. The summed E-state index contributed by atoms with van der Waals surface area (Å²) in [5.41, 5.74) is 2.95. The van der Waals surface area contributed by atoms with E-state index < -0.39 is 0 Å². The van der Waals surface area contributed by atoms with Crippen molar-refractivity contribution in [2.24, 2.45) is 0 Å². The number of rotatable bonds is 2. The Hall–Kier alpha value is -3.51. The standard InChI is InChI=1S/C24H16BrN3O2/c1-15-21-19-14-18(25)12-13-20(19)27(23(29)16-8-4-2-5-9-16)22(21)28(26-15)24(30)17-10-6-3-7-11-17/h2-14H,1H3. The van der Waals surface area contributed by atoms with E-state index in [1.54, 1.807) is 28.8 Å². The fourth-order valence-electron chi connectivity index (χ4n) is 3.81. The van der Waals surface area contributed by atoms with Crippen LogP contribution in [0.3, 0.4) is 0 Å². The van der Waals surface area contributed by atoms with Gasteiger partial charge in [-0.2, -0.15) is 9.78 Å². The molecule has 0 radical (unpaired) electrons. The van der Waals surface area contributed by atoms with Crippen LogP contribution < -0.4 is 0 Å².